The molecule has 5 nitrogen and oxygen atoms in total. The quantitative estimate of drug-likeness (QED) is 0.714. The van der Waals surface area contributed by atoms with Crippen LogP contribution in [0.1, 0.15) is 12.0 Å². The standard InChI is InChI=1S/C23H27N3O2/c1-28-21-7-4-5-18(15-21)16-25-12-13-26(17-20(25)10-14-27)23-22-8-3-2-6-19(22)9-11-24-23/h2-9,11,15,20,27H,10,12-14,16-17H2,1H3/t20-/m0/s1. The highest BCUT2D eigenvalue weighted by atomic mass is 16.5. The fourth-order valence-corrected chi connectivity index (χ4v) is 4.08. The van der Waals surface area contributed by atoms with Gasteiger partial charge in [-0.25, -0.2) is 4.98 Å². The van der Waals surface area contributed by atoms with E-state index in [1.807, 2.05) is 18.3 Å². The summed E-state index contributed by atoms with van der Waals surface area (Å²) in [4.78, 5) is 9.52. The van der Waals surface area contributed by atoms with E-state index >= 15 is 0 Å². The van der Waals surface area contributed by atoms with E-state index in [9.17, 15) is 5.11 Å². The average molecular weight is 377 g/mol. The number of rotatable bonds is 6. The summed E-state index contributed by atoms with van der Waals surface area (Å²) in [6, 6.07) is 19.0. The van der Waals surface area contributed by atoms with Gasteiger partial charge in [-0.2, -0.15) is 0 Å². The number of fused-ring (bicyclic) bond motifs is 1. The van der Waals surface area contributed by atoms with Crippen molar-refractivity contribution in [3.63, 3.8) is 0 Å². The first kappa shape index (κ1) is 18.7. The number of pyridine rings is 1. The van der Waals surface area contributed by atoms with E-state index in [-0.39, 0.29) is 12.6 Å². The minimum Gasteiger partial charge on any atom is -0.497 e. The van der Waals surface area contributed by atoms with Crippen LogP contribution in [0.2, 0.25) is 0 Å². The van der Waals surface area contributed by atoms with Gasteiger partial charge in [0.2, 0.25) is 0 Å². The average Bonchev–Trinajstić information content (AvgIpc) is 2.75. The number of benzene rings is 2. The summed E-state index contributed by atoms with van der Waals surface area (Å²) < 4.78 is 5.36. The molecule has 2 aromatic carbocycles. The molecule has 0 amide bonds. The summed E-state index contributed by atoms with van der Waals surface area (Å²) in [6.45, 7) is 3.78. The molecule has 2 heterocycles. The molecule has 5 heteroatoms. The molecule has 0 radical (unpaired) electrons. The molecule has 0 aliphatic carbocycles. The van der Waals surface area contributed by atoms with Crippen LogP contribution in [0.15, 0.2) is 60.8 Å². The molecule has 1 atom stereocenters. The van der Waals surface area contributed by atoms with Gasteiger partial charge in [0.1, 0.15) is 11.6 Å². The Kier molecular flexibility index (Phi) is 5.74. The van der Waals surface area contributed by atoms with Gasteiger partial charge in [-0.05, 0) is 35.6 Å². The third kappa shape index (κ3) is 3.96. The zero-order valence-electron chi connectivity index (χ0n) is 16.3. The van der Waals surface area contributed by atoms with Gasteiger partial charge in [-0.1, -0.05) is 36.4 Å². The summed E-state index contributed by atoms with van der Waals surface area (Å²) >= 11 is 0. The van der Waals surface area contributed by atoms with Crippen LogP contribution in [0, 0.1) is 0 Å². The SMILES string of the molecule is COc1cccc(CN2CCN(c3nccc4ccccc34)C[C@@H]2CCO)c1. The van der Waals surface area contributed by atoms with Gasteiger partial charge in [0.25, 0.3) is 0 Å². The second-order valence-corrected chi connectivity index (χ2v) is 7.29. The van der Waals surface area contributed by atoms with Crippen molar-refractivity contribution in [2.45, 2.75) is 19.0 Å². The normalized spacial score (nSPS) is 17.8. The molecule has 28 heavy (non-hydrogen) atoms. The van der Waals surface area contributed by atoms with Crippen LogP contribution in [-0.2, 0) is 6.54 Å². The summed E-state index contributed by atoms with van der Waals surface area (Å²) in [5.74, 6) is 1.93. The van der Waals surface area contributed by atoms with Gasteiger partial charge in [-0.15, -0.1) is 0 Å². The first-order chi connectivity index (χ1) is 13.8. The van der Waals surface area contributed by atoms with Gasteiger partial charge in [0.05, 0.1) is 7.11 Å². The van der Waals surface area contributed by atoms with E-state index in [0.29, 0.717) is 0 Å². The summed E-state index contributed by atoms with van der Waals surface area (Å²) in [6.07, 6.45) is 2.65. The lowest BCUT2D eigenvalue weighted by Crippen LogP contribution is -2.53. The zero-order valence-corrected chi connectivity index (χ0v) is 16.3. The molecule has 0 unspecified atom stereocenters. The van der Waals surface area contributed by atoms with Crippen LogP contribution < -0.4 is 9.64 Å². The fourth-order valence-electron chi connectivity index (χ4n) is 4.08. The molecule has 1 aliphatic heterocycles. The molecule has 1 N–H and O–H groups in total. The van der Waals surface area contributed by atoms with Crippen LogP contribution >= 0.6 is 0 Å². The van der Waals surface area contributed by atoms with E-state index in [4.69, 9.17) is 4.74 Å². The monoisotopic (exact) mass is 377 g/mol. The van der Waals surface area contributed by atoms with Crippen LogP contribution in [0.3, 0.4) is 0 Å². The predicted molar refractivity (Wildman–Crippen MR) is 113 cm³/mol. The van der Waals surface area contributed by atoms with Gasteiger partial charge >= 0.3 is 0 Å². The molecule has 0 bridgehead atoms. The Morgan fingerprint density at radius 3 is 2.86 bits per heavy atom. The molecule has 0 saturated carbocycles. The van der Waals surface area contributed by atoms with Gasteiger partial charge < -0.3 is 14.7 Å². The summed E-state index contributed by atoms with van der Waals surface area (Å²) in [5, 5.41) is 12.0. The number of anilines is 1. The van der Waals surface area contributed by atoms with Crippen molar-refractivity contribution in [2.75, 3.05) is 38.3 Å². The van der Waals surface area contributed by atoms with E-state index < -0.39 is 0 Å². The number of ether oxygens (including phenoxy) is 1. The number of aromatic nitrogens is 1. The maximum absolute atomic E-state index is 9.63. The molecule has 0 spiro atoms. The van der Waals surface area contributed by atoms with E-state index in [0.717, 1.165) is 44.2 Å². The highest BCUT2D eigenvalue weighted by Crippen LogP contribution is 2.27. The van der Waals surface area contributed by atoms with Crippen molar-refractivity contribution < 1.29 is 9.84 Å². The molecule has 3 aromatic rings. The van der Waals surface area contributed by atoms with Crippen LogP contribution in [0.5, 0.6) is 5.75 Å². The third-order valence-corrected chi connectivity index (χ3v) is 5.54. The second kappa shape index (κ2) is 8.59. The Morgan fingerprint density at radius 1 is 1.11 bits per heavy atom. The van der Waals surface area contributed by atoms with Crippen molar-refractivity contribution in [3.05, 3.63) is 66.4 Å². The van der Waals surface area contributed by atoms with Gasteiger partial charge in [-0.3, -0.25) is 4.90 Å². The lowest BCUT2D eigenvalue weighted by Gasteiger charge is -2.42. The molecule has 4 rings (SSSR count). The zero-order chi connectivity index (χ0) is 19.3. The van der Waals surface area contributed by atoms with Crippen molar-refractivity contribution >= 4 is 16.6 Å². The van der Waals surface area contributed by atoms with Crippen molar-refractivity contribution in [1.29, 1.82) is 0 Å². The molecule has 146 valence electrons. The number of hydrogen-bond donors (Lipinski definition) is 1. The number of hydrogen-bond acceptors (Lipinski definition) is 5. The molecule has 1 aliphatic rings. The smallest absolute Gasteiger partial charge is 0.136 e. The van der Waals surface area contributed by atoms with Crippen LogP contribution in [0.25, 0.3) is 10.8 Å². The Labute approximate surface area is 166 Å². The largest absolute Gasteiger partial charge is 0.497 e. The van der Waals surface area contributed by atoms with Crippen molar-refractivity contribution in [1.82, 2.24) is 9.88 Å². The van der Waals surface area contributed by atoms with E-state index in [1.165, 1.54) is 16.3 Å². The molecule has 1 aromatic heterocycles. The predicted octanol–water partition coefficient (Wildman–Crippen LogP) is 3.32. The Hall–Kier alpha value is -2.63. The number of nitrogens with zero attached hydrogens (tertiary/aromatic N) is 3. The van der Waals surface area contributed by atoms with Gasteiger partial charge in [0, 0.05) is 50.4 Å². The Balaban J connectivity index is 1.54. The lowest BCUT2D eigenvalue weighted by atomic mass is 10.1. The topological polar surface area (TPSA) is 48.8 Å². The first-order valence-corrected chi connectivity index (χ1v) is 9.85. The maximum atomic E-state index is 9.63. The molecular formula is C23H27N3O2. The number of methoxy groups -OCH3 is 1. The van der Waals surface area contributed by atoms with Gasteiger partial charge in [0.15, 0.2) is 0 Å². The fraction of sp³-hybridized carbons (Fsp3) is 0.348. The Bertz CT molecular complexity index is 925. The minimum atomic E-state index is 0.191. The Morgan fingerprint density at radius 2 is 2.00 bits per heavy atom. The highest BCUT2D eigenvalue weighted by Gasteiger charge is 2.28. The van der Waals surface area contributed by atoms with Crippen LogP contribution in [-0.4, -0.2) is 54.4 Å². The number of aliphatic hydroxyl groups excluding tert-OH is 1. The number of piperazine rings is 1. The summed E-state index contributed by atoms with van der Waals surface area (Å²) in [7, 11) is 1.70. The minimum absolute atomic E-state index is 0.191. The van der Waals surface area contributed by atoms with Crippen LogP contribution in [0.4, 0.5) is 5.82 Å². The van der Waals surface area contributed by atoms with Crippen molar-refractivity contribution in [3.8, 4) is 5.75 Å². The molecule has 1 saturated heterocycles. The van der Waals surface area contributed by atoms with E-state index in [1.54, 1.807) is 7.11 Å². The number of aliphatic hydroxyl groups is 1. The lowest BCUT2D eigenvalue weighted by molar-refractivity contribution is 0.135. The first-order valence-electron chi connectivity index (χ1n) is 9.85. The van der Waals surface area contributed by atoms with E-state index in [2.05, 4.69) is 57.2 Å². The third-order valence-electron chi connectivity index (χ3n) is 5.54. The second-order valence-electron chi connectivity index (χ2n) is 7.29. The summed E-state index contributed by atoms with van der Waals surface area (Å²) in [5.41, 5.74) is 1.24. The molecule has 1 fully saturated rings. The molecular weight excluding hydrogens is 350 g/mol. The maximum Gasteiger partial charge on any atom is 0.136 e. The highest BCUT2D eigenvalue weighted by molar-refractivity contribution is 5.92. The van der Waals surface area contributed by atoms with Crippen molar-refractivity contribution in [2.24, 2.45) is 0 Å².